The molecular weight excluding hydrogens is 103 g/mol. The van der Waals surface area contributed by atoms with Crippen molar-refractivity contribution in [1.29, 1.82) is 0 Å². The van der Waals surface area contributed by atoms with Crippen LogP contribution in [0.4, 0.5) is 9.18 Å². The number of rotatable bonds is 0. The molecule has 0 aliphatic carbocycles. The van der Waals surface area contributed by atoms with Crippen molar-refractivity contribution in [2.24, 2.45) is 0 Å². The Kier molecular flexibility index (Phi) is 0.850. The number of carbonyl (C=O) groups excluding carboxylic acids is 1. The molecule has 1 rings (SSSR count). The van der Waals surface area contributed by atoms with E-state index in [1.807, 2.05) is 0 Å². The number of alkyl halides is 1. The SMILES string of the molecule is O=C1OC[C@H](F)O1. The van der Waals surface area contributed by atoms with Crippen molar-refractivity contribution in [2.75, 3.05) is 6.61 Å². The van der Waals surface area contributed by atoms with Crippen molar-refractivity contribution in [3.8, 4) is 0 Å². The number of cyclic esters (lactones) is 2. The first-order valence-corrected chi connectivity index (χ1v) is 1.76. The van der Waals surface area contributed by atoms with E-state index < -0.39 is 12.5 Å². The summed E-state index contributed by atoms with van der Waals surface area (Å²) < 4.78 is 19.5. The fourth-order valence-corrected chi connectivity index (χ4v) is 0.306. The van der Waals surface area contributed by atoms with E-state index in [0.717, 1.165) is 0 Å². The van der Waals surface area contributed by atoms with Gasteiger partial charge in [0.2, 0.25) is 0 Å². The Morgan fingerprint density at radius 2 is 2.57 bits per heavy atom. The van der Waals surface area contributed by atoms with E-state index in [4.69, 9.17) is 0 Å². The molecule has 7 heavy (non-hydrogen) atoms. The lowest BCUT2D eigenvalue weighted by Gasteiger charge is -1.85. The second-order valence-corrected chi connectivity index (χ2v) is 1.09. The van der Waals surface area contributed by atoms with E-state index in [2.05, 4.69) is 9.47 Å². The summed E-state index contributed by atoms with van der Waals surface area (Å²) in [5.74, 6) is 0. The van der Waals surface area contributed by atoms with Crippen molar-refractivity contribution >= 4 is 6.16 Å². The first-order valence-electron chi connectivity index (χ1n) is 1.76. The second-order valence-electron chi connectivity index (χ2n) is 1.09. The maximum atomic E-state index is 11.6. The van der Waals surface area contributed by atoms with Gasteiger partial charge in [-0.1, -0.05) is 0 Å². The van der Waals surface area contributed by atoms with Crippen LogP contribution < -0.4 is 0 Å². The molecule has 1 heterocycles. The molecular formula is C3H3FO3. The third kappa shape index (κ3) is 0.792. The number of hydrogen-bond acceptors (Lipinski definition) is 3. The van der Waals surface area contributed by atoms with Crippen molar-refractivity contribution < 1.29 is 18.7 Å². The Balaban J connectivity index is 2.40. The molecule has 1 fully saturated rings. The Morgan fingerprint density at radius 3 is 2.71 bits per heavy atom. The van der Waals surface area contributed by atoms with Crippen molar-refractivity contribution in [3.05, 3.63) is 0 Å². The van der Waals surface area contributed by atoms with E-state index in [0.29, 0.717) is 0 Å². The van der Waals surface area contributed by atoms with Crippen LogP contribution in [-0.2, 0) is 9.47 Å². The zero-order valence-electron chi connectivity index (χ0n) is 3.39. The molecule has 0 aromatic carbocycles. The predicted octanol–water partition coefficient (Wildman–Crippen LogP) is 0.449. The molecule has 0 saturated carbocycles. The minimum Gasteiger partial charge on any atom is -0.427 e. The van der Waals surface area contributed by atoms with Gasteiger partial charge in [0.1, 0.15) is 0 Å². The fraction of sp³-hybridized carbons (Fsp3) is 0.667. The van der Waals surface area contributed by atoms with Gasteiger partial charge in [0.25, 0.3) is 6.36 Å². The van der Waals surface area contributed by atoms with Crippen LogP contribution >= 0.6 is 0 Å². The Morgan fingerprint density at radius 1 is 1.86 bits per heavy atom. The highest BCUT2D eigenvalue weighted by atomic mass is 19.1. The number of hydrogen-bond donors (Lipinski definition) is 0. The third-order valence-corrected chi connectivity index (χ3v) is 0.556. The average Bonchev–Trinajstić information content (AvgIpc) is 1.87. The van der Waals surface area contributed by atoms with Gasteiger partial charge in [0, 0.05) is 0 Å². The summed E-state index contributed by atoms with van der Waals surface area (Å²) in [5.41, 5.74) is 0. The van der Waals surface area contributed by atoms with Crippen molar-refractivity contribution in [1.82, 2.24) is 0 Å². The minimum absolute atomic E-state index is 0.265. The van der Waals surface area contributed by atoms with Gasteiger partial charge in [0.15, 0.2) is 6.61 Å². The van der Waals surface area contributed by atoms with Crippen LogP contribution in [0.25, 0.3) is 0 Å². The molecule has 40 valence electrons. The van der Waals surface area contributed by atoms with Gasteiger partial charge in [-0.05, 0) is 0 Å². The van der Waals surface area contributed by atoms with Crippen LogP contribution in [0.1, 0.15) is 0 Å². The van der Waals surface area contributed by atoms with Crippen LogP contribution in [0, 0.1) is 0 Å². The van der Waals surface area contributed by atoms with Crippen LogP contribution in [0.3, 0.4) is 0 Å². The van der Waals surface area contributed by atoms with Crippen molar-refractivity contribution in [3.63, 3.8) is 0 Å². The molecule has 0 bridgehead atoms. The van der Waals surface area contributed by atoms with Crippen LogP contribution in [-0.4, -0.2) is 19.1 Å². The van der Waals surface area contributed by atoms with E-state index in [-0.39, 0.29) is 6.61 Å². The lowest BCUT2D eigenvalue weighted by atomic mass is 10.8. The maximum absolute atomic E-state index is 11.6. The summed E-state index contributed by atoms with van der Waals surface area (Å²) >= 11 is 0. The van der Waals surface area contributed by atoms with E-state index in [9.17, 15) is 9.18 Å². The molecule has 1 aliphatic heterocycles. The Labute approximate surface area is 39.0 Å². The third-order valence-electron chi connectivity index (χ3n) is 0.556. The van der Waals surface area contributed by atoms with Gasteiger partial charge in [-0.2, -0.15) is 4.39 Å². The molecule has 3 nitrogen and oxygen atoms in total. The van der Waals surface area contributed by atoms with Gasteiger partial charge in [0.05, 0.1) is 0 Å². The highest BCUT2D eigenvalue weighted by molar-refractivity contribution is 5.61. The molecule has 0 spiro atoms. The summed E-state index contributed by atoms with van der Waals surface area (Å²) in [6.45, 7) is -0.265. The van der Waals surface area contributed by atoms with E-state index in [1.165, 1.54) is 0 Å². The predicted molar refractivity (Wildman–Crippen MR) is 17.3 cm³/mol. The molecule has 1 atom stereocenters. The van der Waals surface area contributed by atoms with E-state index >= 15 is 0 Å². The maximum Gasteiger partial charge on any atom is 0.511 e. The summed E-state index contributed by atoms with van der Waals surface area (Å²) in [7, 11) is 0. The number of ether oxygens (including phenoxy) is 2. The summed E-state index contributed by atoms with van der Waals surface area (Å²) in [4.78, 5) is 9.77. The zero-order valence-corrected chi connectivity index (χ0v) is 3.39. The molecule has 0 radical (unpaired) electrons. The monoisotopic (exact) mass is 106 g/mol. The standard InChI is InChI=1S/C3H3FO3/c4-2-1-6-3(5)7-2/h2H,1H2/t2-/m1/s1. The van der Waals surface area contributed by atoms with Gasteiger partial charge in [-0.3, -0.25) is 0 Å². The lowest BCUT2D eigenvalue weighted by molar-refractivity contribution is 0.0573. The summed E-state index contributed by atoms with van der Waals surface area (Å²) in [6, 6.07) is 0. The topological polar surface area (TPSA) is 35.5 Å². The minimum atomic E-state index is -1.55. The lowest BCUT2D eigenvalue weighted by Crippen LogP contribution is -1.98. The van der Waals surface area contributed by atoms with Crippen LogP contribution in [0.5, 0.6) is 0 Å². The molecule has 0 unspecified atom stereocenters. The number of halogens is 1. The highest BCUT2D eigenvalue weighted by Gasteiger charge is 2.23. The Bertz CT molecular complexity index is 92.2. The van der Waals surface area contributed by atoms with Gasteiger partial charge >= 0.3 is 6.16 Å². The first-order chi connectivity index (χ1) is 3.29. The van der Waals surface area contributed by atoms with Crippen molar-refractivity contribution in [2.45, 2.75) is 6.36 Å². The molecule has 0 N–H and O–H groups in total. The van der Waals surface area contributed by atoms with E-state index in [1.54, 1.807) is 0 Å². The largest absolute Gasteiger partial charge is 0.511 e. The molecule has 4 heteroatoms. The highest BCUT2D eigenvalue weighted by Crippen LogP contribution is 2.05. The summed E-state index contributed by atoms with van der Waals surface area (Å²) in [6.07, 6.45) is -2.47. The normalized spacial score (nSPS) is 29.3. The zero-order chi connectivity index (χ0) is 5.28. The molecule has 0 aromatic rings. The van der Waals surface area contributed by atoms with Gasteiger partial charge in [-0.15, -0.1) is 0 Å². The average molecular weight is 106 g/mol. The van der Waals surface area contributed by atoms with Gasteiger partial charge in [-0.25, -0.2) is 4.79 Å². The van der Waals surface area contributed by atoms with Crippen LogP contribution in [0.2, 0.25) is 0 Å². The van der Waals surface area contributed by atoms with Gasteiger partial charge < -0.3 is 9.47 Å². The number of carbonyl (C=O) groups is 1. The molecule has 1 saturated heterocycles. The second kappa shape index (κ2) is 1.36. The molecule has 1 aliphatic rings. The Hall–Kier alpha value is -0.800. The quantitative estimate of drug-likeness (QED) is 0.420. The molecule has 0 amide bonds. The summed E-state index contributed by atoms with van der Waals surface area (Å²) in [5, 5.41) is 0. The smallest absolute Gasteiger partial charge is 0.427 e. The molecule has 0 aromatic heterocycles. The fourth-order valence-electron chi connectivity index (χ4n) is 0.306. The first kappa shape index (κ1) is 4.36. The van der Waals surface area contributed by atoms with Crippen LogP contribution in [0.15, 0.2) is 0 Å².